The molecular formula is C20H20N6O. The van der Waals surface area contributed by atoms with Gasteiger partial charge in [-0.3, -0.25) is 9.98 Å². The van der Waals surface area contributed by atoms with Crippen molar-refractivity contribution in [2.24, 2.45) is 16.0 Å². The summed E-state index contributed by atoms with van der Waals surface area (Å²) < 4.78 is 5.36. The molecule has 0 aromatic carbocycles. The summed E-state index contributed by atoms with van der Waals surface area (Å²) in [4.78, 5) is 15.5. The minimum atomic E-state index is 0.0823. The fourth-order valence-electron chi connectivity index (χ4n) is 3.62. The average molecular weight is 360 g/mol. The molecule has 1 N–H and O–H groups in total. The quantitative estimate of drug-likeness (QED) is 0.899. The van der Waals surface area contributed by atoms with Crippen molar-refractivity contribution in [3.8, 4) is 0 Å². The van der Waals surface area contributed by atoms with E-state index in [1.807, 2.05) is 36.8 Å². The Morgan fingerprint density at radius 1 is 1.19 bits per heavy atom. The highest BCUT2D eigenvalue weighted by Crippen LogP contribution is 2.29. The predicted molar refractivity (Wildman–Crippen MR) is 105 cm³/mol. The summed E-state index contributed by atoms with van der Waals surface area (Å²) in [6.07, 6.45) is 9.86. The second-order valence-electron chi connectivity index (χ2n) is 6.91. The highest BCUT2D eigenvalue weighted by Gasteiger charge is 2.33. The van der Waals surface area contributed by atoms with Gasteiger partial charge < -0.3 is 15.1 Å². The molecular weight excluding hydrogens is 340 g/mol. The highest BCUT2D eigenvalue weighted by atomic mass is 16.5. The van der Waals surface area contributed by atoms with E-state index in [9.17, 15) is 0 Å². The number of nitrogens with zero attached hydrogens (tertiary/aromatic N) is 5. The fraction of sp³-hybridized carbons (Fsp3) is 0.300. The van der Waals surface area contributed by atoms with Gasteiger partial charge in [0.15, 0.2) is 0 Å². The molecule has 136 valence electrons. The summed E-state index contributed by atoms with van der Waals surface area (Å²) >= 11 is 0. The van der Waals surface area contributed by atoms with E-state index in [1.54, 1.807) is 13.3 Å². The lowest BCUT2D eigenvalue weighted by Crippen LogP contribution is -2.52. The molecule has 2 unspecified atom stereocenters. The van der Waals surface area contributed by atoms with Gasteiger partial charge >= 0.3 is 0 Å². The van der Waals surface area contributed by atoms with Gasteiger partial charge in [0.2, 0.25) is 0 Å². The van der Waals surface area contributed by atoms with Crippen LogP contribution >= 0.6 is 0 Å². The lowest BCUT2D eigenvalue weighted by molar-refractivity contribution is 0.0783. The zero-order valence-corrected chi connectivity index (χ0v) is 15.0. The van der Waals surface area contributed by atoms with Crippen molar-refractivity contribution >= 4 is 23.4 Å². The van der Waals surface area contributed by atoms with Crippen LogP contribution in [-0.2, 0) is 4.74 Å². The molecule has 5 heterocycles. The molecule has 2 aromatic rings. The monoisotopic (exact) mass is 360 g/mol. The van der Waals surface area contributed by atoms with Crippen LogP contribution in [0.15, 0.2) is 59.0 Å². The molecule has 0 amide bonds. The van der Waals surface area contributed by atoms with E-state index in [-0.39, 0.29) is 12.0 Å². The first kappa shape index (κ1) is 16.1. The molecule has 2 aromatic heterocycles. The van der Waals surface area contributed by atoms with E-state index in [4.69, 9.17) is 4.74 Å². The minimum Gasteiger partial charge on any atom is -0.378 e. The number of anilines is 1. The van der Waals surface area contributed by atoms with E-state index in [1.165, 1.54) is 0 Å². The number of ether oxygens (including phenoxy) is 1. The molecule has 7 nitrogen and oxygen atoms in total. The Kier molecular flexibility index (Phi) is 3.94. The van der Waals surface area contributed by atoms with Gasteiger partial charge in [-0.1, -0.05) is 0 Å². The fourth-order valence-corrected chi connectivity index (χ4v) is 3.62. The van der Waals surface area contributed by atoms with Crippen LogP contribution in [0.3, 0.4) is 0 Å². The Bertz CT molecular complexity index is 932. The summed E-state index contributed by atoms with van der Waals surface area (Å²) in [5.74, 6) is 1.10. The Morgan fingerprint density at radius 3 is 2.93 bits per heavy atom. The zero-order valence-electron chi connectivity index (χ0n) is 15.0. The molecule has 27 heavy (non-hydrogen) atoms. The van der Waals surface area contributed by atoms with Crippen LogP contribution in [0.4, 0.5) is 5.82 Å². The van der Waals surface area contributed by atoms with Crippen molar-refractivity contribution in [3.05, 3.63) is 60.1 Å². The van der Waals surface area contributed by atoms with Gasteiger partial charge in [0.05, 0.1) is 29.5 Å². The number of hydrogen-bond donors (Lipinski definition) is 1. The van der Waals surface area contributed by atoms with Crippen molar-refractivity contribution in [1.29, 1.82) is 0 Å². The number of aromatic nitrogens is 2. The predicted octanol–water partition coefficient (Wildman–Crippen LogP) is 1.73. The molecule has 1 fully saturated rings. The summed E-state index contributed by atoms with van der Waals surface area (Å²) in [6.45, 7) is 1.75. The first-order valence-electron chi connectivity index (χ1n) is 9.05. The van der Waals surface area contributed by atoms with Gasteiger partial charge in [0.25, 0.3) is 0 Å². The maximum Gasteiger partial charge on any atom is 0.129 e. The second-order valence-corrected chi connectivity index (χ2v) is 6.91. The number of methoxy groups -OCH3 is 1. The second kappa shape index (κ2) is 6.59. The first-order valence-corrected chi connectivity index (χ1v) is 9.05. The normalized spacial score (nSPS) is 24.0. The van der Waals surface area contributed by atoms with Crippen LogP contribution in [-0.4, -0.2) is 54.2 Å². The summed E-state index contributed by atoms with van der Waals surface area (Å²) in [5, 5.41) is 4.60. The summed E-state index contributed by atoms with van der Waals surface area (Å²) in [7, 11) is 1.75. The maximum absolute atomic E-state index is 5.36. The zero-order chi connectivity index (χ0) is 18.2. The van der Waals surface area contributed by atoms with E-state index >= 15 is 0 Å². The molecule has 0 aliphatic carbocycles. The average Bonchev–Trinajstić information content (AvgIpc) is 3.11. The number of fused-ring (bicyclic) bond motifs is 1. The Hall–Kier alpha value is -3.06. The third-order valence-electron chi connectivity index (χ3n) is 5.25. The topological polar surface area (TPSA) is 75.0 Å². The number of aliphatic imine (C=N–C) groups is 1. The van der Waals surface area contributed by atoms with E-state index in [2.05, 4.69) is 42.5 Å². The van der Waals surface area contributed by atoms with Crippen LogP contribution in [0.1, 0.15) is 11.1 Å². The molecule has 0 bridgehead atoms. The Labute approximate surface area is 157 Å². The van der Waals surface area contributed by atoms with Gasteiger partial charge in [0, 0.05) is 56.1 Å². The minimum absolute atomic E-state index is 0.0823. The number of hydrazone groups is 1. The molecule has 0 saturated carbocycles. The smallest absolute Gasteiger partial charge is 0.129 e. The highest BCUT2D eigenvalue weighted by molar-refractivity contribution is 6.08. The standard InChI is InChI=1S/C20H20N6O/c1-27-15-11-26(12-15)19-7-13(4-6-22-19)20-16-8-17(14-3-2-5-21-9-14)23-10-18(16)24-25-20/h2-10,15-16,18,24H,11-12H2,1H3. The molecule has 1 saturated heterocycles. The lowest BCUT2D eigenvalue weighted by atomic mass is 9.89. The molecule has 0 spiro atoms. The van der Waals surface area contributed by atoms with Crippen LogP contribution in [0.25, 0.3) is 5.70 Å². The Morgan fingerprint density at radius 2 is 2.11 bits per heavy atom. The molecule has 5 rings (SSSR count). The molecule has 7 heteroatoms. The number of pyridine rings is 2. The van der Waals surface area contributed by atoms with Crippen molar-refractivity contribution in [2.75, 3.05) is 25.1 Å². The van der Waals surface area contributed by atoms with E-state index < -0.39 is 0 Å². The molecule has 2 atom stereocenters. The lowest BCUT2D eigenvalue weighted by Gasteiger charge is -2.39. The maximum atomic E-state index is 5.36. The van der Waals surface area contributed by atoms with Gasteiger partial charge in [0.1, 0.15) is 5.82 Å². The SMILES string of the molecule is COC1CN(c2cc(C3=NNC4C=NC(c5cccnc5)=CC34)ccn2)C1. The Balaban J connectivity index is 1.41. The van der Waals surface area contributed by atoms with Crippen molar-refractivity contribution < 1.29 is 4.74 Å². The number of rotatable bonds is 4. The third-order valence-corrected chi connectivity index (χ3v) is 5.25. The van der Waals surface area contributed by atoms with Crippen molar-refractivity contribution in [1.82, 2.24) is 15.4 Å². The van der Waals surface area contributed by atoms with Crippen LogP contribution < -0.4 is 10.3 Å². The van der Waals surface area contributed by atoms with E-state index in [0.717, 1.165) is 41.4 Å². The van der Waals surface area contributed by atoms with Gasteiger partial charge in [-0.05, 0) is 30.3 Å². The largest absolute Gasteiger partial charge is 0.378 e. The van der Waals surface area contributed by atoms with Crippen molar-refractivity contribution in [2.45, 2.75) is 12.1 Å². The first-order chi connectivity index (χ1) is 13.3. The van der Waals surface area contributed by atoms with Gasteiger partial charge in [-0.15, -0.1) is 0 Å². The van der Waals surface area contributed by atoms with Crippen LogP contribution in [0.5, 0.6) is 0 Å². The molecule has 3 aliphatic rings. The summed E-state index contributed by atoms with van der Waals surface area (Å²) in [6, 6.07) is 8.16. The molecule has 3 aliphatic heterocycles. The van der Waals surface area contributed by atoms with Crippen molar-refractivity contribution in [3.63, 3.8) is 0 Å². The van der Waals surface area contributed by atoms with Crippen LogP contribution in [0, 0.1) is 5.92 Å². The number of hydrogen-bond acceptors (Lipinski definition) is 7. The van der Waals surface area contributed by atoms with Crippen LogP contribution in [0.2, 0.25) is 0 Å². The van der Waals surface area contributed by atoms with E-state index in [0.29, 0.717) is 6.10 Å². The number of nitrogens with one attached hydrogen (secondary N) is 1. The van der Waals surface area contributed by atoms with Gasteiger partial charge in [-0.2, -0.15) is 5.10 Å². The molecule has 0 radical (unpaired) electrons. The summed E-state index contributed by atoms with van der Waals surface area (Å²) in [5.41, 5.74) is 7.24. The van der Waals surface area contributed by atoms with Gasteiger partial charge in [-0.25, -0.2) is 4.98 Å². The third kappa shape index (κ3) is 2.90.